The Morgan fingerprint density at radius 2 is 2.16 bits per heavy atom. The summed E-state index contributed by atoms with van der Waals surface area (Å²) in [6, 6.07) is 4.06. The van der Waals surface area contributed by atoms with Gasteiger partial charge in [-0.3, -0.25) is 4.79 Å². The Morgan fingerprint density at radius 1 is 1.42 bits per heavy atom. The number of ether oxygens (including phenoxy) is 1. The molecule has 0 aliphatic carbocycles. The Morgan fingerprint density at radius 3 is 2.89 bits per heavy atom. The van der Waals surface area contributed by atoms with Gasteiger partial charge >= 0.3 is 0 Å². The first kappa shape index (κ1) is 12.4. The van der Waals surface area contributed by atoms with E-state index in [4.69, 9.17) is 4.74 Å². The maximum Gasteiger partial charge on any atom is 0.249 e. The average molecular weight is 261 g/mol. The van der Waals surface area contributed by atoms with Gasteiger partial charge in [-0.15, -0.1) is 0 Å². The van der Waals surface area contributed by atoms with Gasteiger partial charge in [-0.05, 0) is 38.8 Å². The lowest BCUT2D eigenvalue weighted by atomic mass is 9.93. The largest absolute Gasteiger partial charge is 0.381 e. The van der Waals surface area contributed by atoms with Crippen molar-refractivity contribution in [3.05, 3.63) is 18.3 Å². The van der Waals surface area contributed by atoms with Crippen molar-refractivity contribution in [1.29, 1.82) is 0 Å². The van der Waals surface area contributed by atoms with Crippen molar-refractivity contribution in [3.8, 4) is 0 Å². The molecule has 19 heavy (non-hydrogen) atoms. The highest BCUT2D eigenvalue weighted by Crippen LogP contribution is 2.38. The highest BCUT2D eigenvalue weighted by Gasteiger charge is 2.44. The third kappa shape index (κ3) is 1.98. The standard InChI is InChI=1S/C14H19N3O2/c1-14(2)13(18)16-11-4-3-7-15-12(11)17(14)10-5-8-19-9-6-10/h3-4,7,10H,5-6,8-9H2,1-2H3,(H,16,18). The summed E-state index contributed by atoms with van der Waals surface area (Å²) in [5.74, 6) is 0.901. The third-order valence-corrected chi connectivity index (χ3v) is 3.98. The van der Waals surface area contributed by atoms with Gasteiger partial charge in [0.2, 0.25) is 5.91 Å². The first-order chi connectivity index (χ1) is 9.10. The van der Waals surface area contributed by atoms with Crippen LogP contribution in [0.25, 0.3) is 0 Å². The van der Waals surface area contributed by atoms with E-state index in [9.17, 15) is 4.79 Å². The van der Waals surface area contributed by atoms with Crippen LogP contribution in [0.1, 0.15) is 26.7 Å². The number of hydrogen-bond acceptors (Lipinski definition) is 4. The molecule has 1 saturated heterocycles. The molecule has 3 rings (SSSR count). The van der Waals surface area contributed by atoms with Gasteiger partial charge in [0.1, 0.15) is 5.54 Å². The second-order valence-corrected chi connectivity index (χ2v) is 5.60. The van der Waals surface area contributed by atoms with Crippen molar-refractivity contribution in [2.75, 3.05) is 23.4 Å². The fourth-order valence-electron chi connectivity index (χ4n) is 2.91. The zero-order valence-electron chi connectivity index (χ0n) is 11.3. The van der Waals surface area contributed by atoms with Gasteiger partial charge in [-0.2, -0.15) is 0 Å². The number of nitrogens with one attached hydrogen (secondary N) is 1. The number of amides is 1. The molecular weight excluding hydrogens is 242 g/mol. The molecule has 0 bridgehead atoms. The maximum atomic E-state index is 12.3. The molecule has 5 nitrogen and oxygen atoms in total. The highest BCUT2D eigenvalue weighted by atomic mass is 16.5. The maximum absolute atomic E-state index is 12.3. The van der Waals surface area contributed by atoms with Crippen LogP contribution in [0.4, 0.5) is 11.5 Å². The molecule has 1 amide bonds. The fourth-order valence-corrected chi connectivity index (χ4v) is 2.91. The summed E-state index contributed by atoms with van der Waals surface area (Å²) in [4.78, 5) is 19.0. The van der Waals surface area contributed by atoms with Gasteiger partial charge in [0.15, 0.2) is 5.82 Å². The predicted octanol–water partition coefficient (Wildman–Crippen LogP) is 1.80. The summed E-state index contributed by atoms with van der Waals surface area (Å²) in [6.45, 7) is 5.41. The number of aromatic nitrogens is 1. The lowest BCUT2D eigenvalue weighted by Gasteiger charge is -2.48. The SMILES string of the molecule is CC1(C)C(=O)Nc2cccnc2N1C1CCOCC1. The van der Waals surface area contributed by atoms with Crippen LogP contribution in [0, 0.1) is 0 Å². The number of carbonyl (C=O) groups is 1. The molecule has 1 N–H and O–H groups in total. The van der Waals surface area contributed by atoms with Gasteiger partial charge in [-0.25, -0.2) is 4.98 Å². The molecule has 1 fully saturated rings. The first-order valence-electron chi connectivity index (χ1n) is 6.74. The van der Waals surface area contributed by atoms with Crippen molar-refractivity contribution >= 4 is 17.4 Å². The number of nitrogens with zero attached hydrogens (tertiary/aromatic N) is 2. The first-order valence-corrected chi connectivity index (χ1v) is 6.74. The summed E-state index contributed by atoms with van der Waals surface area (Å²) in [7, 11) is 0. The quantitative estimate of drug-likeness (QED) is 0.837. The summed E-state index contributed by atoms with van der Waals surface area (Å²) < 4.78 is 5.43. The van der Waals surface area contributed by atoms with Crippen LogP contribution >= 0.6 is 0 Å². The van der Waals surface area contributed by atoms with Crippen LogP contribution in [-0.2, 0) is 9.53 Å². The van der Waals surface area contributed by atoms with E-state index in [1.807, 2.05) is 26.0 Å². The molecule has 1 aromatic heterocycles. The van der Waals surface area contributed by atoms with Crippen LogP contribution in [0.15, 0.2) is 18.3 Å². The zero-order chi connectivity index (χ0) is 13.5. The molecule has 0 aromatic carbocycles. The second kappa shape index (κ2) is 4.49. The molecule has 2 aliphatic heterocycles. The van der Waals surface area contributed by atoms with Crippen molar-refractivity contribution in [2.45, 2.75) is 38.3 Å². The van der Waals surface area contributed by atoms with Crippen LogP contribution in [0.5, 0.6) is 0 Å². The van der Waals surface area contributed by atoms with E-state index in [0.29, 0.717) is 6.04 Å². The molecule has 1 aromatic rings. The lowest BCUT2D eigenvalue weighted by Crippen LogP contribution is -2.61. The van der Waals surface area contributed by atoms with E-state index in [1.165, 1.54) is 0 Å². The van der Waals surface area contributed by atoms with Crippen LogP contribution in [0.3, 0.4) is 0 Å². The number of pyridine rings is 1. The van der Waals surface area contributed by atoms with Crippen molar-refractivity contribution < 1.29 is 9.53 Å². The van der Waals surface area contributed by atoms with Gasteiger partial charge in [0, 0.05) is 25.5 Å². The molecule has 102 valence electrons. The molecule has 3 heterocycles. The molecule has 0 unspecified atom stereocenters. The van der Waals surface area contributed by atoms with Crippen molar-refractivity contribution in [3.63, 3.8) is 0 Å². The Hall–Kier alpha value is -1.62. The van der Waals surface area contributed by atoms with E-state index in [0.717, 1.165) is 37.6 Å². The molecule has 2 aliphatic rings. The van der Waals surface area contributed by atoms with Gasteiger partial charge < -0.3 is 15.0 Å². The second-order valence-electron chi connectivity index (χ2n) is 5.60. The van der Waals surface area contributed by atoms with E-state index in [1.54, 1.807) is 6.20 Å². The number of carbonyl (C=O) groups excluding carboxylic acids is 1. The minimum Gasteiger partial charge on any atom is -0.381 e. The minimum absolute atomic E-state index is 0.0273. The lowest BCUT2D eigenvalue weighted by molar-refractivity contribution is -0.120. The van der Waals surface area contributed by atoms with Crippen molar-refractivity contribution in [1.82, 2.24) is 4.98 Å². The van der Waals surface area contributed by atoms with Crippen LogP contribution < -0.4 is 10.2 Å². The van der Waals surface area contributed by atoms with Crippen LogP contribution in [-0.4, -0.2) is 35.7 Å². The topological polar surface area (TPSA) is 54.5 Å². The molecular formula is C14H19N3O2. The number of hydrogen-bond donors (Lipinski definition) is 1. The summed E-state index contributed by atoms with van der Waals surface area (Å²) in [6.07, 6.45) is 3.65. The van der Waals surface area contributed by atoms with Gasteiger partial charge in [0.25, 0.3) is 0 Å². The number of rotatable bonds is 1. The average Bonchev–Trinajstić information content (AvgIpc) is 2.41. The third-order valence-electron chi connectivity index (χ3n) is 3.98. The van der Waals surface area contributed by atoms with Gasteiger partial charge in [-0.1, -0.05) is 0 Å². The Balaban J connectivity index is 2.04. The van der Waals surface area contributed by atoms with E-state index < -0.39 is 5.54 Å². The number of anilines is 2. The highest BCUT2D eigenvalue weighted by molar-refractivity contribution is 6.05. The normalized spacial score (nSPS) is 22.8. The van der Waals surface area contributed by atoms with E-state index in [2.05, 4.69) is 15.2 Å². The molecule has 0 atom stereocenters. The Kier molecular flexibility index (Phi) is 2.93. The fraction of sp³-hybridized carbons (Fsp3) is 0.571. The minimum atomic E-state index is -0.580. The zero-order valence-corrected chi connectivity index (χ0v) is 11.3. The molecule has 0 spiro atoms. The summed E-state index contributed by atoms with van der Waals surface area (Å²) in [5.41, 5.74) is 0.224. The van der Waals surface area contributed by atoms with Crippen molar-refractivity contribution in [2.24, 2.45) is 0 Å². The summed E-state index contributed by atoms with van der Waals surface area (Å²) >= 11 is 0. The van der Waals surface area contributed by atoms with E-state index >= 15 is 0 Å². The smallest absolute Gasteiger partial charge is 0.249 e. The predicted molar refractivity (Wildman–Crippen MR) is 73.3 cm³/mol. The summed E-state index contributed by atoms with van der Waals surface area (Å²) in [5, 5.41) is 2.94. The Labute approximate surface area is 113 Å². The van der Waals surface area contributed by atoms with E-state index in [-0.39, 0.29) is 5.91 Å². The molecule has 0 radical (unpaired) electrons. The Bertz CT molecular complexity index is 495. The number of fused-ring (bicyclic) bond motifs is 1. The van der Waals surface area contributed by atoms with Crippen LogP contribution in [0.2, 0.25) is 0 Å². The van der Waals surface area contributed by atoms with Gasteiger partial charge in [0.05, 0.1) is 5.69 Å². The molecule has 5 heteroatoms. The molecule has 0 saturated carbocycles. The monoisotopic (exact) mass is 261 g/mol.